The Hall–Kier alpha value is -0.820. The summed E-state index contributed by atoms with van der Waals surface area (Å²) < 4.78 is 50.9. The number of carbonyl (C=O) groups is 1. The standard InChI is InChI=1S/C11H9BrClF4NO/c12-7-1-2-9(14)8(5-7)10(19)18(4-3-13)6-11(15,16)17/h1-2,5H,3-4,6H2. The van der Waals surface area contributed by atoms with E-state index in [-0.39, 0.29) is 12.4 Å². The van der Waals surface area contributed by atoms with Gasteiger partial charge in [0.15, 0.2) is 0 Å². The van der Waals surface area contributed by atoms with Crippen molar-refractivity contribution in [3.8, 4) is 0 Å². The molecular weight excluding hydrogens is 353 g/mol. The highest BCUT2D eigenvalue weighted by Crippen LogP contribution is 2.21. The molecule has 0 aliphatic rings. The van der Waals surface area contributed by atoms with Crippen LogP contribution in [0, 0.1) is 5.82 Å². The molecule has 0 aliphatic heterocycles. The van der Waals surface area contributed by atoms with E-state index in [1.54, 1.807) is 0 Å². The van der Waals surface area contributed by atoms with Crippen LogP contribution in [-0.4, -0.2) is 36.0 Å². The van der Waals surface area contributed by atoms with E-state index in [1.807, 2.05) is 0 Å². The molecule has 0 aliphatic carbocycles. The van der Waals surface area contributed by atoms with Crippen molar-refractivity contribution in [2.75, 3.05) is 19.0 Å². The first-order valence-corrected chi connectivity index (χ1v) is 6.44. The molecule has 0 atom stereocenters. The topological polar surface area (TPSA) is 20.3 Å². The number of alkyl halides is 4. The Morgan fingerprint density at radius 2 is 2.00 bits per heavy atom. The minimum absolute atomic E-state index is 0.169. The number of rotatable bonds is 4. The van der Waals surface area contributed by atoms with Crippen LogP contribution in [0.2, 0.25) is 0 Å². The fourth-order valence-electron chi connectivity index (χ4n) is 1.40. The molecule has 0 saturated carbocycles. The predicted molar refractivity (Wildman–Crippen MR) is 66.8 cm³/mol. The van der Waals surface area contributed by atoms with Crippen molar-refractivity contribution in [1.29, 1.82) is 0 Å². The molecular formula is C11H9BrClF4NO. The Morgan fingerprint density at radius 3 is 2.53 bits per heavy atom. The van der Waals surface area contributed by atoms with Crippen LogP contribution in [0.5, 0.6) is 0 Å². The summed E-state index contributed by atoms with van der Waals surface area (Å²) in [6, 6.07) is 3.49. The SMILES string of the molecule is O=C(c1cc(Br)ccc1F)N(CCCl)CC(F)(F)F. The van der Waals surface area contributed by atoms with Gasteiger partial charge in [-0.1, -0.05) is 15.9 Å². The molecule has 0 unspecified atom stereocenters. The van der Waals surface area contributed by atoms with E-state index in [0.29, 0.717) is 9.37 Å². The van der Waals surface area contributed by atoms with Crippen LogP contribution < -0.4 is 0 Å². The van der Waals surface area contributed by atoms with E-state index in [1.165, 1.54) is 6.07 Å². The predicted octanol–water partition coefficient (Wildman–Crippen LogP) is 3.83. The lowest BCUT2D eigenvalue weighted by atomic mass is 10.2. The smallest absolute Gasteiger partial charge is 0.328 e. The molecule has 8 heteroatoms. The molecule has 106 valence electrons. The molecule has 0 radical (unpaired) electrons. The molecule has 1 rings (SSSR count). The van der Waals surface area contributed by atoms with Gasteiger partial charge in [0, 0.05) is 16.9 Å². The summed E-state index contributed by atoms with van der Waals surface area (Å²) in [5, 5.41) is 0. The van der Waals surface area contributed by atoms with Crippen LogP contribution in [0.25, 0.3) is 0 Å². The van der Waals surface area contributed by atoms with E-state index in [0.717, 1.165) is 12.1 Å². The number of hydrogen-bond acceptors (Lipinski definition) is 1. The zero-order valence-electron chi connectivity index (χ0n) is 9.48. The van der Waals surface area contributed by atoms with Gasteiger partial charge in [-0.2, -0.15) is 13.2 Å². The molecule has 0 fully saturated rings. The van der Waals surface area contributed by atoms with Crippen LogP contribution in [0.1, 0.15) is 10.4 Å². The van der Waals surface area contributed by atoms with Gasteiger partial charge in [-0.15, -0.1) is 11.6 Å². The van der Waals surface area contributed by atoms with Crippen LogP contribution in [0.15, 0.2) is 22.7 Å². The second-order valence-corrected chi connectivity index (χ2v) is 4.95. The third kappa shape index (κ3) is 4.99. The first-order chi connectivity index (χ1) is 8.74. The van der Waals surface area contributed by atoms with Crippen molar-refractivity contribution in [2.45, 2.75) is 6.18 Å². The van der Waals surface area contributed by atoms with Crippen LogP contribution >= 0.6 is 27.5 Å². The number of halogens is 6. The van der Waals surface area contributed by atoms with Gasteiger partial charge in [0.25, 0.3) is 5.91 Å². The molecule has 2 nitrogen and oxygen atoms in total. The normalized spacial score (nSPS) is 11.5. The molecule has 0 saturated heterocycles. The Kier molecular flexibility index (Phi) is 5.61. The first kappa shape index (κ1) is 16.2. The van der Waals surface area contributed by atoms with Gasteiger partial charge in [0.1, 0.15) is 12.4 Å². The Bertz CT molecular complexity index is 466. The summed E-state index contributed by atoms with van der Waals surface area (Å²) in [5.41, 5.74) is -0.427. The number of benzene rings is 1. The van der Waals surface area contributed by atoms with Gasteiger partial charge in [-0.25, -0.2) is 4.39 Å². The average molecular weight is 363 g/mol. The van der Waals surface area contributed by atoms with E-state index in [2.05, 4.69) is 15.9 Å². The highest BCUT2D eigenvalue weighted by Gasteiger charge is 2.33. The Morgan fingerprint density at radius 1 is 1.37 bits per heavy atom. The summed E-state index contributed by atoms with van der Waals surface area (Å²) >= 11 is 8.39. The zero-order chi connectivity index (χ0) is 14.6. The van der Waals surface area contributed by atoms with Gasteiger partial charge in [-0.05, 0) is 18.2 Å². The number of hydrogen-bond donors (Lipinski definition) is 0. The third-order valence-corrected chi connectivity index (χ3v) is 2.83. The molecule has 19 heavy (non-hydrogen) atoms. The van der Waals surface area contributed by atoms with Crippen molar-refractivity contribution in [2.24, 2.45) is 0 Å². The minimum atomic E-state index is -4.57. The number of carbonyl (C=O) groups excluding carboxylic acids is 1. The van der Waals surface area contributed by atoms with Crippen molar-refractivity contribution in [1.82, 2.24) is 4.90 Å². The summed E-state index contributed by atoms with van der Waals surface area (Å²) in [5.74, 6) is -2.09. The maximum atomic E-state index is 13.5. The van der Waals surface area contributed by atoms with Gasteiger partial charge < -0.3 is 4.90 Å². The summed E-state index contributed by atoms with van der Waals surface area (Å²) in [7, 11) is 0. The molecule has 0 bridgehead atoms. The maximum absolute atomic E-state index is 13.5. The quantitative estimate of drug-likeness (QED) is 0.589. The Labute approximate surface area is 120 Å². The van der Waals surface area contributed by atoms with Gasteiger partial charge >= 0.3 is 6.18 Å². The lowest BCUT2D eigenvalue weighted by Gasteiger charge is -2.23. The van der Waals surface area contributed by atoms with Gasteiger partial charge in [0.05, 0.1) is 5.56 Å². The van der Waals surface area contributed by atoms with Crippen LogP contribution in [0.4, 0.5) is 17.6 Å². The lowest BCUT2D eigenvalue weighted by molar-refractivity contribution is -0.140. The third-order valence-electron chi connectivity index (χ3n) is 2.17. The summed E-state index contributed by atoms with van der Waals surface area (Å²) in [4.78, 5) is 12.4. The zero-order valence-corrected chi connectivity index (χ0v) is 11.8. The van der Waals surface area contributed by atoms with Gasteiger partial charge in [-0.3, -0.25) is 4.79 Å². The highest BCUT2D eigenvalue weighted by molar-refractivity contribution is 9.10. The highest BCUT2D eigenvalue weighted by atomic mass is 79.9. The first-order valence-electron chi connectivity index (χ1n) is 5.11. The molecule has 0 spiro atoms. The van der Waals surface area contributed by atoms with Gasteiger partial charge in [0.2, 0.25) is 0 Å². The van der Waals surface area contributed by atoms with Crippen LogP contribution in [-0.2, 0) is 0 Å². The van der Waals surface area contributed by atoms with E-state index < -0.39 is 30.0 Å². The molecule has 0 heterocycles. The second kappa shape index (κ2) is 6.56. The average Bonchev–Trinajstić information content (AvgIpc) is 2.29. The number of amides is 1. The molecule has 1 amide bonds. The van der Waals surface area contributed by atoms with E-state index in [4.69, 9.17) is 11.6 Å². The molecule has 0 N–H and O–H groups in total. The fourth-order valence-corrected chi connectivity index (χ4v) is 1.97. The molecule has 1 aromatic rings. The Balaban J connectivity index is 3.02. The van der Waals surface area contributed by atoms with E-state index in [9.17, 15) is 22.4 Å². The summed E-state index contributed by atoms with van der Waals surface area (Å²) in [6.45, 7) is -1.78. The van der Waals surface area contributed by atoms with Crippen molar-refractivity contribution >= 4 is 33.4 Å². The maximum Gasteiger partial charge on any atom is 0.406 e. The van der Waals surface area contributed by atoms with E-state index >= 15 is 0 Å². The molecule has 0 aromatic heterocycles. The lowest BCUT2D eigenvalue weighted by Crippen LogP contribution is -2.40. The largest absolute Gasteiger partial charge is 0.406 e. The number of nitrogens with zero attached hydrogens (tertiary/aromatic N) is 1. The van der Waals surface area contributed by atoms with Crippen molar-refractivity contribution < 1.29 is 22.4 Å². The van der Waals surface area contributed by atoms with Crippen molar-refractivity contribution in [3.05, 3.63) is 34.1 Å². The van der Waals surface area contributed by atoms with Crippen molar-refractivity contribution in [3.63, 3.8) is 0 Å². The summed E-state index contributed by atoms with van der Waals surface area (Å²) in [6.07, 6.45) is -4.57. The fraction of sp³-hybridized carbons (Fsp3) is 0.364. The molecule has 1 aromatic carbocycles. The minimum Gasteiger partial charge on any atom is -0.328 e. The van der Waals surface area contributed by atoms with Crippen LogP contribution in [0.3, 0.4) is 0 Å². The monoisotopic (exact) mass is 361 g/mol. The second-order valence-electron chi connectivity index (χ2n) is 3.66.